The van der Waals surface area contributed by atoms with Crippen molar-refractivity contribution in [3.05, 3.63) is 28.8 Å². The quantitative estimate of drug-likeness (QED) is 0.841. The van der Waals surface area contributed by atoms with Gasteiger partial charge in [-0.1, -0.05) is 12.5 Å². The lowest BCUT2D eigenvalue weighted by Crippen LogP contribution is -2.07. The van der Waals surface area contributed by atoms with Crippen LogP contribution in [0.1, 0.15) is 35.8 Å². The molecule has 1 aromatic heterocycles. The smallest absolute Gasteiger partial charge is 0.0969 e. The number of rotatable bonds is 2. The molecule has 1 fully saturated rings. The van der Waals surface area contributed by atoms with Gasteiger partial charge in [0.15, 0.2) is 0 Å². The molecule has 0 amide bonds. The monoisotopic (exact) mass is 218 g/mol. The van der Waals surface area contributed by atoms with Gasteiger partial charge in [-0.05, 0) is 30.5 Å². The Bertz CT molecular complexity index is 485. The molecule has 3 rings (SSSR count). The molecule has 3 heteroatoms. The topological polar surface area (TPSA) is 38.9 Å². The average molecular weight is 218 g/mol. The van der Waals surface area contributed by atoms with Gasteiger partial charge in [-0.25, -0.2) is 4.98 Å². The Kier molecular flexibility index (Phi) is 2.22. The van der Waals surface area contributed by atoms with Gasteiger partial charge in [0, 0.05) is 12.5 Å². The zero-order chi connectivity index (χ0) is 10.3. The second-order valence-electron chi connectivity index (χ2n) is 4.19. The molecule has 1 aliphatic carbocycles. The summed E-state index contributed by atoms with van der Waals surface area (Å²) in [6.07, 6.45) is 4.02. The molecule has 78 valence electrons. The molecule has 0 radical (unpaired) electrons. The fourth-order valence-corrected chi connectivity index (χ4v) is 3.06. The van der Waals surface area contributed by atoms with Crippen LogP contribution >= 0.6 is 11.3 Å². The van der Waals surface area contributed by atoms with E-state index in [2.05, 4.69) is 18.2 Å². The minimum Gasteiger partial charge on any atom is -0.326 e. The fourth-order valence-electron chi connectivity index (χ4n) is 1.95. The van der Waals surface area contributed by atoms with Crippen molar-refractivity contribution in [2.24, 2.45) is 5.73 Å². The first-order valence-corrected chi connectivity index (χ1v) is 6.28. The summed E-state index contributed by atoms with van der Waals surface area (Å²) in [5.74, 6) is 0.740. The van der Waals surface area contributed by atoms with E-state index in [1.54, 1.807) is 0 Å². The highest BCUT2D eigenvalue weighted by Gasteiger charge is 2.22. The Morgan fingerprint density at radius 1 is 1.40 bits per heavy atom. The Labute approximate surface area is 93.1 Å². The highest BCUT2D eigenvalue weighted by molar-refractivity contribution is 7.18. The van der Waals surface area contributed by atoms with Gasteiger partial charge in [-0.3, -0.25) is 0 Å². The van der Waals surface area contributed by atoms with Crippen LogP contribution < -0.4 is 5.73 Å². The number of thiazole rings is 1. The van der Waals surface area contributed by atoms with E-state index in [1.165, 1.54) is 34.5 Å². The van der Waals surface area contributed by atoms with Gasteiger partial charge in [0.25, 0.3) is 0 Å². The zero-order valence-corrected chi connectivity index (χ0v) is 9.39. The van der Waals surface area contributed by atoms with Crippen LogP contribution in [0.5, 0.6) is 0 Å². The molecule has 0 atom stereocenters. The van der Waals surface area contributed by atoms with Gasteiger partial charge in [0.1, 0.15) is 0 Å². The van der Waals surface area contributed by atoms with Crippen molar-refractivity contribution in [3.8, 4) is 0 Å². The van der Waals surface area contributed by atoms with E-state index >= 15 is 0 Å². The fraction of sp³-hybridized carbons (Fsp3) is 0.417. The van der Waals surface area contributed by atoms with Crippen LogP contribution in [-0.4, -0.2) is 4.98 Å². The Morgan fingerprint density at radius 3 is 2.93 bits per heavy atom. The van der Waals surface area contributed by atoms with Crippen molar-refractivity contribution in [2.45, 2.75) is 31.7 Å². The highest BCUT2D eigenvalue weighted by Crippen LogP contribution is 2.39. The molecule has 1 aromatic carbocycles. The van der Waals surface area contributed by atoms with Gasteiger partial charge in [-0.2, -0.15) is 0 Å². The van der Waals surface area contributed by atoms with Crippen LogP contribution in [0.25, 0.3) is 10.2 Å². The molecular weight excluding hydrogens is 204 g/mol. The first kappa shape index (κ1) is 9.31. The van der Waals surface area contributed by atoms with E-state index in [9.17, 15) is 0 Å². The third-order valence-electron chi connectivity index (χ3n) is 3.16. The molecule has 0 saturated heterocycles. The summed E-state index contributed by atoms with van der Waals surface area (Å²) in [6, 6.07) is 6.37. The van der Waals surface area contributed by atoms with Crippen molar-refractivity contribution < 1.29 is 0 Å². The third-order valence-corrected chi connectivity index (χ3v) is 4.36. The Hall–Kier alpha value is -0.930. The molecule has 2 aromatic rings. The van der Waals surface area contributed by atoms with E-state index in [1.807, 2.05) is 11.3 Å². The molecule has 0 spiro atoms. The molecular formula is C12H14N2S. The Balaban J connectivity index is 2.04. The summed E-state index contributed by atoms with van der Waals surface area (Å²) in [5.41, 5.74) is 7.92. The second kappa shape index (κ2) is 3.58. The molecule has 1 heterocycles. The number of hydrogen-bond acceptors (Lipinski definition) is 3. The van der Waals surface area contributed by atoms with E-state index in [0.717, 1.165) is 11.4 Å². The Morgan fingerprint density at radius 2 is 2.27 bits per heavy atom. The van der Waals surface area contributed by atoms with Crippen molar-refractivity contribution in [1.82, 2.24) is 4.98 Å². The lowest BCUT2D eigenvalue weighted by molar-refractivity contribution is 0.419. The summed E-state index contributed by atoms with van der Waals surface area (Å²) in [6.45, 7) is 0.603. The SMILES string of the molecule is NCc1ccc2sc(C3CCC3)nc2c1. The molecule has 0 aliphatic heterocycles. The summed E-state index contributed by atoms with van der Waals surface area (Å²) in [7, 11) is 0. The number of hydrogen-bond donors (Lipinski definition) is 1. The third kappa shape index (κ3) is 1.56. The minimum absolute atomic E-state index is 0.603. The number of fused-ring (bicyclic) bond motifs is 1. The average Bonchev–Trinajstić information content (AvgIpc) is 2.56. The number of aromatic nitrogens is 1. The number of nitrogens with two attached hydrogens (primary N) is 1. The van der Waals surface area contributed by atoms with Gasteiger partial charge in [-0.15, -0.1) is 11.3 Å². The molecule has 1 aliphatic rings. The first-order chi connectivity index (χ1) is 7.36. The highest BCUT2D eigenvalue weighted by atomic mass is 32.1. The van der Waals surface area contributed by atoms with Crippen molar-refractivity contribution in [1.29, 1.82) is 0 Å². The van der Waals surface area contributed by atoms with Gasteiger partial charge in [0.2, 0.25) is 0 Å². The second-order valence-corrected chi connectivity index (χ2v) is 5.25. The minimum atomic E-state index is 0.603. The first-order valence-electron chi connectivity index (χ1n) is 5.46. The lowest BCUT2D eigenvalue weighted by atomic mass is 9.86. The molecule has 1 saturated carbocycles. The number of benzene rings is 1. The molecule has 15 heavy (non-hydrogen) atoms. The van der Waals surface area contributed by atoms with Crippen LogP contribution in [-0.2, 0) is 6.54 Å². The van der Waals surface area contributed by atoms with Crippen molar-refractivity contribution in [3.63, 3.8) is 0 Å². The van der Waals surface area contributed by atoms with E-state index in [0.29, 0.717) is 6.54 Å². The molecule has 2 nitrogen and oxygen atoms in total. The maximum absolute atomic E-state index is 5.62. The van der Waals surface area contributed by atoms with Gasteiger partial charge >= 0.3 is 0 Å². The van der Waals surface area contributed by atoms with Gasteiger partial charge < -0.3 is 5.73 Å². The lowest BCUT2D eigenvalue weighted by Gasteiger charge is -2.22. The standard InChI is InChI=1S/C12H14N2S/c13-7-8-4-5-11-10(6-8)14-12(15-11)9-2-1-3-9/h4-6,9H,1-3,7,13H2. The summed E-state index contributed by atoms with van der Waals surface area (Å²) >= 11 is 1.85. The summed E-state index contributed by atoms with van der Waals surface area (Å²) in [4.78, 5) is 4.71. The van der Waals surface area contributed by atoms with Crippen LogP contribution in [0.2, 0.25) is 0 Å². The van der Waals surface area contributed by atoms with E-state index in [4.69, 9.17) is 10.7 Å². The van der Waals surface area contributed by atoms with Crippen molar-refractivity contribution in [2.75, 3.05) is 0 Å². The largest absolute Gasteiger partial charge is 0.326 e. The molecule has 0 bridgehead atoms. The van der Waals surface area contributed by atoms with E-state index < -0.39 is 0 Å². The normalized spacial score (nSPS) is 16.9. The predicted molar refractivity (Wildman–Crippen MR) is 64.1 cm³/mol. The molecule has 0 unspecified atom stereocenters. The zero-order valence-electron chi connectivity index (χ0n) is 8.57. The summed E-state index contributed by atoms with van der Waals surface area (Å²) < 4.78 is 1.30. The maximum Gasteiger partial charge on any atom is 0.0969 e. The predicted octanol–water partition coefficient (Wildman–Crippen LogP) is 3.02. The van der Waals surface area contributed by atoms with Crippen LogP contribution in [0.4, 0.5) is 0 Å². The van der Waals surface area contributed by atoms with Crippen LogP contribution in [0.3, 0.4) is 0 Å². The van der Waals surface area contributed by atoms with E-state index in [-0.39, 0.29) is 0 Å². The maximum atomic E-state index is 5.62. The molecule has 2 N–H and O–H groups in total. The van der Waals surface area contributed by atoms with Gasteiger partial charge in [0.05, 0.1) is 15.2 Å². The number of nitrogens with zero attached hydrogens (tertiary/aromatic N) is 1. The van der Waals surface area contributed by atoms with Crippen molar-refractivity contribution >= 4 is 21.6 Å². The van der Waals surface area contributed by atoms with Crippen LogP contribution in [0, 0.1) is 0 Å². The van der Waals surface area contributed by atoms with Crippen LogP contribution in [0.15, 0.2) is 18.2 Å². The summed E-state index contributed by atoms with van der Waals surface area (Å²) in [5, 5.41) is 1.32.